The molecule has 96 valence electrons. The summed E-state index contributed by atoms with van der Waals surface area (Å²) in [5.41, 5.74) is 2.66. The monoisotopic (exact) mass is 251 g/mol. The van der Waals surface area contributed by atoms with Gasteiger partial charge in [0.1, 0.15) is 0 Å². The molecule has 0 aliphatic rings. The summed E-state index contributed by atoms with van der Waals surface area (Å²) in [5.74, 6) is -0.695. The van der Waals surface area contributed by atoms with Crippen LogP contribution < -0.4 is 10.5 Å². The highest BCUT2D eigenvalue weighted by molar-refractivity contribution is 5.68. The van der Waals surface area contributed by atoms with Gasteiger partial charge in [-0.05, 0) is 20.8 Å². The van der Waals surface area contributed by atoms with Crippen molar-refractivity contribution < 1.29 is 22.7 Å². The second kappa shape index (κ2) is 3.94. The average molecular weight is 251 g/mol. The Kier molecular flexibility index (Phi) is 3.09. The van der Waals surface area contributed by atoms with Gasteiger partial charge < -0.3 is 10.5 Å². The molecule has 5 nitrogen and oxygen atoms in total. The molecule has 1 rings (SSSR count). The van der Waals surface area contributed by atoms with E-state index in [9.17, 15) is 18.0 Å². The molecule has 0 bridgehead atoms. The number of nitrogens with two attached hydrogens (primary N) is 1. The van der Waals surface area contributed by atoms with Crippen LogP contribution in [0.5, 0.6) is 5.75 Å². The van der Waals surface area contributed by atoms with Gasteiger partial charge >= 0.3 is 12.3 Å². The molecule has 0 saturated heterocycles. The molecular weight excluding hydrogens is 239 g/mol. The minimum absolute atomic E-state index is 0.695. The summed E-state index contributed by atoms with van der Waals surface area (Å²) in [6, 6.07) is 0. The summed E-state index contributed by atoms with van der Waals surface area (Å²) in [4.78, 5) is 10.5. The van der Waals surface area contributed by atoms with Gasteiger partial charge in [0.15, 0.2) is 11.4 Å². The Morgan fingerprint density at radius 3 is 2.29 bits per heavy atom. The fourth-order valence-corrected chi connectivity index (χ4v) is 1.28. The van der Waals surface area contributed by atoms with E-state index in [4.69, 9.17) is 0 Å². The molecule has 0 aliphatic carbocycles. The highest BCUT2D eigenvalue weighted by Gasteiger charge is 2.42. The summed E-state index contributed by atoms with van der Waals surface area (Å²) in [6.07, 6.45) is -5.18. The number of amides is 1. The second-order valence-electron chi connectivity index (χ2n) is 4.36. The average Bonchev–Trinajstić information content (AvgIpc) is 2.44. The number of ether oxygens (including phenoxy) is 1. The Morgan fingerprint density at radius 2 is 1.94 bits per heavy atom. The Hall–Kier alpha value is -1.73. The van der Waals surface area contributed by atoms with E-state index in [2.05, 4.69) is 15.6 Å². The lowest BCUT2D eigenvalue weighted by Crippen LogP contribution is -2.29. The van der Waals surface area contributed by atoms with E-state index in [1.165, 1.54) is 0 Å². The Morgan fingerprint density at radius 1 is 1.41 bits per heavy atom. The minimum atomic E-state index is -4.69. The van der Waals surface area contributed by atoms with Gasteiger partial charge in [-0.2, -0.15) is 18.3 Å². The number of nitrogens with zero attached hydrogens (tertiary/aromatic N) is 2. The van der Waals surface area contributed by atoms with E-state index in [1.807, 2.05) is 0 Å². The molecule has 8 heteroatoms. The first-order valence-electron chi connectivity index (χ1n) is 4.66. The molecule has 1 heterocycles. The molecule has 0 unspecified atom stereocenters. The van der Waals surface area contributed by atoms with Crippen LogP contribution >= 0.6 is 0 Å². The van der Waals surface area contributed by atoms with Gasteiger partial charge in [0, 0.05) is 0 Å². The fourth-order valence-electron chi connectivity index (χ4n) is 1.28. The number of alkyl halides is 3. The van der Waals surface area contributed by atoms with Gasteiger partial charge in [0.05, 0.1) is 11.7 Å². The van der Waals surface area contributed by atoms with Crippen molar-refractivity contribution in [3.8, 4) is 5.75 Å². The largest absolute Gasteiger partial charge is 0.436 e. The standard InChI is InChI=1S/C9H12F3N3O2/c1-8(2,3)15-6(9(10,11)12)5(4-14-15)17-7(13)16/h4H,1-3H3,(H2,13,16). The number of hydrogen-bond acceptors (Lipinski definition) is 3. The Labute approximate surface area is 95.3 Å². The Bertz CT molecular complexity index is 432. The molecular formula is C9H12F3N3O2. The summed E-state index contributed by atoms with van der Waals surface area (Å²) in [5, 5.41) is 3.57. The van der Waals surface area contributed by atoms with Gasteiger partial charge in [-0.25, -0.2) is 4.79 Å². The lowest BCUT2D eigenvalue weighted by atomic mass is 10.1. The summed E-state index contributed by atoms with van der Waals surface area (Å²) < 4.78 is 43.5. The third-order valence-electron chi connectivity index (χ3n) is 1.85. The number of rotatable bonds is 1. The molecule has 1 aromatic rings. The van der Waals surface area contributed by atoms with Crippen LogP contribution in [-0.4, -0.2) is 15.9 Å². The molecule has 0 radical (unpaired) electrons. The van der Waals surface area contributed by atoms with Gasteiger partial charge in [0.2, 0.25) is 0 Å². The first kappa shape index (κ1) is 13.3. The number of carbonyl (C=O) groups excluding carboxylic acids is 1. The summed E-state index contributed by atoms with van der Waals surface area (Å²) in [6.45, 7) is 4.63. The van der Waals surface area contributed by atoms with E-state index in [1.54, 1.807) is 20.8 Å². The van der Waals surface area contributed by atoms with Gasteiger partial charge in [-0.1, -0.05) is 0 Å². The summed E-state index contributed by atoms with van der Waals surface area (Å²) >= 11 is 0. The highest BCUT2D eigenvalue weighted by Crippen LogP contribution is 2.38. The predicted octanol–water partition coefficient (Wildman–Crippen LogP) is 2.11. The number of hydrogen-bond donors (Lipinski definition) is 1. The maximum atomic E-state index is 12.8. The lowest BCUT2D eigenvalue weighted by molar-refractivity contribution is -0.147. The van der Waals surface area contributed by atoms with Crippen molar-refractivity contribution in [2.45, 2.75) is 32.5 Å². The van der Waals surface area contributed by atoms with Crippen LogP contribution in [0.15, 0.2) is 6.20 Å². The number of carbonyl (C=O) groups is 1. The third kappa shape index (κ3) is 2.89. The van der Waals surface area contributed by atoms with E-state index in [0.717, 1.165) is 10.9 Å². The van der Waals surface area contributed by atoms with E-state index in [0.29, 0.717) is 0 Å². The van der Waals surface area contributed by atoms with Gasteiger partial charge in [-0.3, -0.25) is 4.68 Å². The molecule has 0 saturated carbocycles. The van der Waals surface area contributed by atoms with Crippen LogP contribution in [-0.2, 0) is 11.7 Å². The van der Waals surface area contributed by atoms with Crippen LogP contribution in [0.1, 0.15) is 26.5 Å². The zero-order valence-electron chi connectivity index (χ0n) is 9.50. The quantitative estimate of drug-likeness (QED) is 0.831. The first-order chi connectivity index (χ1) is 7.53. The normalized spacial score (nSPS) is 12.6. The maximum Gasteiger partial charge on any atom is 0.436 e. The van der Waals surface area contributed by atoms with Gasteiger partial charge in [0.25, 0.3) is 0 Å². The molecule has 2 N–H and O–H groups in total. The smallest absolute Gasteiger partial charge is 0.406 e. The van der Waals surface area contributed by atoms with Crippen molar-refractivity contribution in [2.75, 3.05) is 0 Å². The van der Waals surface area contributed by atoms with Crippen molar-refractivity contribution in [1.29, 1.82) is 0 Å². The lowest BCUT2D eigenvalue weighted by Gasteiger charge is -2.23. The van der Waals surface area contributed by atoms with E-state index >= 15 is 0 Å². The number of halogens is 3. The SMILES string of the molecule is CC(C)(C)n1ncc(OC(N)=O)c1C(F)(F)F. The predicted molar refractivity (Wildman–Crippen MR) is 52.4 cm³/mol. The Balaban J connectivity index is 3.36. The van der Waals surface area contributed by atoms with Crippen molar-refractivity contribution in [1.82, 2.24) is 9.78 Å². The van der Waals surface area contributed by atoms with Gasteiger partial charge in [-0.15, -0.1) is 0 Å². The molecule has 17 heavy (non-hydrogen) atoms. The zero-order chi connectivity index (χ0) is 13.4. The van der Waals surface area contributed by atoms with Crippen molar-refractivity contribution >= 4 is 6.09 Å². The fraction of sp³-hybridized carbons (Fsp3) is 0.556. The maximum absolute atomic E-state index is 12.8. The number of primary amides is 1. The van der Waals surface area contributed by atoms with Crippen LogP contribution in [0, 0.1) is 0 Å². The van der Waals surface area contributed by atoms with Crippen molar-refractivity contribution in [2.24, 2.45) is 5.73 Å². The second-order valence-corrected chi connectivity index (χ2v) is 4.36. The highest BCUT2D eigenvalue weighted by atomic mass is 19.4. The topological polar surface area (TPSA) is 70.1 Å². The minimum Gasteiger partial charge on any atom is -0.406 e. The molecule has 0 aliphatic heterocycles. The zero-order valence-corrected chi connectivity index (χ0v) is 9.50. The molecule has 0 fully saturated rings. The molecule has 0 aromatic carbocycles. The molecule has 1 amide bonds. The van der Waals surface area contributed by atoms with Crippen LogP contribution in [0.4, 0.5) is 18.0 Å². The van der Waals surface area contributed by atoms with Crippen molar-refractivity contribution in [3.05, 3.63) is 11.9 Å². The van der Waals surface area contributed by atoms with Crippen LogP contribution in [0.2, 0.25) is 0 Å². The number of aromatic nitrogens is 2. The molecule has 1 aromatic heterocycles. The van der Waals surface area contributed by atoms with Crippen molar-refractivity contribution in [3.63, 3.8) is 0 Å². The van der Waals surface area contributed by atoms with Crippen LogP contribution in [0.3, 0.4) is 0 Å². The van der Waals surface area contributed by atoms with E-state index < -0.39 is 29.3 Å². The third-order valence-corrected chi connectivity index (χ3v) is 1.85. The summed E-state index contributed by atoms with van der Waals surface area (Å²) in [7, 11) is 0. The first-order valence-corrected chi connectivity index (χ1v) is 4.66. The molecule has 0 atom stereocenters. The molecule has 0 spiro atoms. The van der Waals surface area contributed by atoms with E-state index in [-0.39, 0.29) is 0 Å². The van der Waals surface area contributed by atoms with Crippen LogP contribution in [0.25, 0.3) is 0 Å².